The normalized spacial score (nSPS) is 25.0. The topological polar surface area (TPSA) is 120 Å². The molecule has 1 aliphatic heterocycles. The highest BCUT2D eigenvalue weighted by molar-refractivity contribution is 7.88. The minimum absolute atomic E-state index is 0.00366. The highest BCUT2D eigenvalue weighted by Gasteiger charge is 2.34. The van der Waals surface area contributed by atoms with Gasteiger partial charge >= 0.3 is 0 Å². The Morgan fingerprint density at radius 2 is 2.00 bits per heavy atom. The molecule has 1 saturated heterocycles. The monoisotopic (exact) mass is 529 g/mol. The number of carbonyl (C=O) groups excluding carboxylic acids is 1. The van der Waals surface area contributed by atoms with E-state index in [1.54, 1.807) is 4.90 Å². The number of aryl methyl sites for hydroxylation is 1. The SMILES string of the molecule is Cn1ncc2cc(C3CCC(CO[C@@H]4CN(C(=O)c5cnco5)CC[C@@H]4CNS(C)(=O)=O)CC3)ccc21. The molecule has 0 spiro atoms. The number of carbonyl (C=O) groups is 1. The predicted octanol–water partition coefficient (Wildman–Crippen LogP) is 2.93. The van der Waals surface area contributed by atoms with Crippen molar-refractivity contribution in [3.8, 4) is 0 Å². The fraction of sp³-hybridized carbons (Fsp3) is 0.577. The number of sulfonamides is 1. The molecule has 5 rings (SSSR count). The molecule has 1 N–H and O–H groups in total. The Balaban J connectivity index is 1.17. The molecule has 1 aromatic carbocycles. The number of hydrogen-bond acceptors (Lipinski definition) is 7. The standard InChI is InChI=1S/C26H35N5O5S/c1-30-23-8-7-20(11-22(23)12-28-30)19-5-3-18(4-6-19)16-35-25-15-31(26(32)24-14-27-17-36-24)10-9-21(25)13-29-37(2,33)34/h7-8,11-12,14,17-19,21,25,29H,3-6,9-10,13,15-16H2,1-2H3/t18?,19?,21-,25-/m1/s1. The van der Waals surface area contributed by atoms with E-state index in [0.29, 0.717) is 44.5 Å². The van der Waals surface area contributed by atoms with E-state index >= 15 is 0 Å². The van der Waals surface area contributed by atoms with Gasteiger partial charge in [-0.25, -0.2) is 18.1 Å². The number of nitrogens with one attached hydrogen (secondary N) is 1. The second kappa shape index (κ2) is 10.9. The number of rotatable bonds is 8. The number of aromatic nitrogens is 3. The summed E-state index contributed by atoms with van der Waals surface area (Å²) in [4.78, 5) is 18.4. The van der Waals surface area contributed by atoms with Gasteiger partial charge in [-0.15, -0.1) is 0 Å². The molecule has 2 fully saturated rings. The lowest BCUT2D eigenvalue weighted by Crippen LogP contribution is -2.51. The van der Waals surface area contributed by atoms with Crippen molar-refractivity contribution in [2.24, 2.45) is 18.9 Å². The summed E-state index contributed by atoms with van der Waals surface area (Å²) in [6.45, 7) is 1.83. The molecule has 1 aliphatic carbocycles. The van der Waals surface area contributed by atoms with Gasteiger partial charge in [-0.2, -0.15) is 5.10 Å². The van der Waals surface area contributed by atoms with Crippen molar-refractivity contribution in [2.45, 2.75) is 44.1 Å². The average Bonchev–Trinajstić information content (AvgIpc) is 3.56. The van der Waals surface area contributed by atoms with Crippen molar-refractivity contribution in [1.29, 1.82) is 0 Å². The lowest BCUT2D eigenvalue weighted by molar-refractivity contribution is -0.0476. The molecule has 10 nitrogen and oxygen atoms in total. The second-order valence-corrected chi connectivity index (χ2v) is 12.3. The Labute approximate surface area is 217 Å². The Bertz CT molecular complexity index is 1310. The second-order valence-electron chi connectivity index (χ2n) is 10.5. The zero-order valence-electron chi connectivity index (χ0n) is 21.4. The molecule has 1 amide bonds. The number of ether oxygens (including phenoxy) is 1. The first-order chi connectivity index (χ1) is 17.8. The van der Waals surface area contributed by atoms with Crippen molar-refractivity contribution in [3.05, 3.63) is 48.3 Å². The smallest absolute Gasteiger partial charge is 0.291 e. The summed E-state index contributed by atoms with van der Waals surface area (Å²) >= 11 is 0. The van der Waals surface area contributed by atoms with Crippen LogP contribution in [-0.4, -0.2) is 72.6 Å². The molecule has 3 aromatic rings. The Hall–Kier alpha value is -2.76. The number of piperidine rings is 1. The zero-order valence-corrected chi connectivity index (χ0v) is 22.2. The number of hydrogen-bond donors (Lipinski definition) is 1. The lowest BCUT2D eigenvalue weighted by Gasteiger charge is -2.39. The Morgan fingerprint density at radius 1 is 1.19 bits per heavy atom. The van der Waals surface area contributed by atoms with Gasteiger partial charge in [-0.3, -0.25) is 9.48 Å². The van der Waals surface area contributed by atoms with Crippen LogP contribution in [0.4, 0.5) is 0 Å². The van der Waals surface area contributed by atoms with E-state index in [1.807, 2.05) is 17.9 Å². The molecule has 1 saturated carbocycles. The van der Waals surface area contributed by atoms with E-state index in [4.69, 9.17) is 9.15 Å². The van der Waals surface area contributed by atoms with E-state index < -0.39 is 10.0 Å². The van der Waals surface area contributed by atoms with Gasteiger partial charge in [-0.1, -0.05) is 6.07 Å². The van der Waals surface area contributed by atoms with Crippen molar-refractivity contribution < 1.29 is 22.4 Å². The molecule has 37 heavy (non-hydrogen) atoms. The van der Waals surface area contributed by atoms with Crippen LogP contribution in [0.1, 0.15) is 54.1 Å². The summed E-state index contributed by atoms with van der Waals surface area (Å²) in [5, 5.41) is 5.54. The summed E-state index contributed by atoms with van der Waals surface area (Å²) in [5.74, 6) is 0.969. The van der Waals surface area contributed by atoms with Crippen LogP contribution >= 0.6 is 0 Å². The van der Waals surface area contributed by atoms with E-state index in [9.17, 15) is 13.2 Å². The summed E-state index contributed by atoms with van der Waals surface area (Å²) in [7, 11) is -1.34. The van der Waals surface area contributed by atoms with Crippen LogP contribution in [0.5, 0.6) is 0 Å². The van der Waals surface area contributed by atoms with Gasteiger partial charge in [0.15, 0.2) is 6.39 Å². The van der Waals surface area contributed by atoms with Gasteiger partial charge in [0.2, 0.25) is 15.8 Å². The third-order valence-corrected chi connectivity index (χ3v) is 8.56. The van der Waals surface area contributed by atoms with Crippen LogP contribution < -0.4 is 4.72 Å². The van der Waals surface area contributed by atoms with Gasteiger partial charge < -0.3 is 14.1 Å². The molecule has 200 valence electrons. The van der Waals surface area contributed by atoms with Gasteiger partial charge in [0.25, 0.3) is 5.91 Å². The van der Waals surface area contributed by atoms with Crippen LogP contribution in [0.2, 0.25) is 0 Å². The van der Waals surface area contributed by atoms with Crippen LogP contribution in [0.15, 0.2) is 41.4 Å². The number of fused-ring (bicyclic) bond motifs is 1. The van der Waals surface area contributed by atoms with Crippen molar-refractivity contribution in [2.75, 3.05) is 32.5 Å². The number of nitrogens with zero attached hydrogens (tertiary/aromatic N) is 4. The van der Waals surface area contributed by atoms with Gasteiger partial charge in [0.1, 0.15) is 0 Å². The number of oxazole rings is 1. The molecular formula is C26H35N5O5S. The Morgan fingerprint density at radius 3 is 2.73 bits per heavy atom. The molecule has 0 radical (unpaired) electrons. The van der Waals surface area contributed by atoms with Crippen molar-refractivity contribution in [3.63, 3.8) is 0 Å². The van der Waals surface area contributed by atoms with Crippen LogP contribution in [0.3, 0.4) is 0 Å². The summed E-state index contributed by atoms with van der Waals surface area (Å²) in [5.41, 5.74) is 2.52. The van der Waals surface area contributed by atoms with Crippen LogP contribution in [0.25, 0.3) is 10.9 Å². The van der Waals surface area contributed by atoms with Crippen molar-refractivity contribution in [1.82, 2.24) is 24.4 Å². The van der Waals surface area contributed by atoms with Crippen LogP contribution in [-0.2, 0) is 21.8 Å². The predicted molar refractivity (Wildman–Crippen MR) is 139 cm³/mol. The van der Waals surface area contributed by atoms with Gasteiger partial charge in [-0.05, 0) is 61.6 Å². The quantitative estimate of drug-likeness (QED) is 0.476. The van der Waals surface area contributed by atoms with Crippen molar-refractivity contribution >= 4 is 26.8 Å². The molecule has 3 heterocycles. The number of benzene rings is 1. The third-order valence-electron chi connectivity index (χ3n) is 7.87. The fourth-order valence-corrected chi connectivity index (χ4v) is 6.18. The average molecular weight is 530 g/mol. The summed E-state index contributed by atoms with van der Waals surface area (Å²) in [6.07, 6.45) is 10.5. The molecule has 2 atom stereocenters. The van der Waals surface area contributed by atoms with Gasteiger partial charge in [0.05, 0.1) is 30.3 Å². The largest absolute Gasteiger partial charge is 0.438 e. The first-order valence-corrected chi connectivity index (χ1v) is 14.8. The minimum atomic E-state index is -3.31. The number of amides is 1. The fourth-order valence-electron chi connectivity index (χ4n) is 5.67. The molecule has 0 unspecified atom stereocenters. The zero-order chi connectivity index (χ0) is 26.0. The summed E-state index contributed by atoms with van der Waals surface area (Å²) in [6, 6.07) is 6.66. The molecule has 2 aromatic heterocycles. The van der Waals surface area contributed by atoms with E-state index in [1.165, 1.54) is 23.5 Å². The molecule has 0 bridgehead atoms. The lowest BCUT2D eigenvalue weighted by atomic mass is 9.79. The maximum absolute atomic E-state index is 12.8. The van der Waals surface area contributed by atoms with E-state index in [2.05, 4.69) is 33.0 Å². The highest BCUT2D eigenvalue weighted by Crippen LogP contribution is 2.37. The highest BCUT2D eigenvalue weighted by atomic mass is 32.2. The first-order valence-electron chi connectivity index (χ1n) is 12.9. The Kier molecular flexibility index (Phi) is 7.64. The number of likely N-dealkylation sites (tertiary alicyclic amines) is 1. The van der Waals surface area contributed by atoms with Crippen LogP contribution in [0, 0.1) is 11.8 Å². The maximum Gasteiger partial charge on any atom is 0.291 e. The molecule has 11 heteroatoms. The third kappa shape index (κ3) is 6.22. The molecule has 2 aliphatic rings. The summed E-state index contributed by atoms with van der Waals surface area (Å²) < 4.78 is 39.5. The van der Waals surface area contributed by atoms with Gasteiger partial charge in [0, 0.05) is 44.6 Å². The maximum atomic E-state index is 12.8. The van der Waals surface area contributed by atoms with E-state index in [-0.39, 0.29) is 23.7 Å². The molecular weight excluding hydrogens is 494 g/mol. The van der Waals surface area contributed by atoms with E-state index in [0.717, 1.165) is 37.5 Å². The minimum Gasteiger partial charge on any atom is -0.438 e. The first kappa shape index (κ1) is 25.9.